The summed E-state index contributed by atoms with van der Waals surface area (Å²) in [6.07, 6.45) is 0. The summed E-state index contributed by atoms with van der Waals surface area (Å²) in [6, 6.07) is 6.20. The Morgan fingerprint density at radius 1 is 1.23 bits per heavy atom. The molecular formula is C16H15N3O5S2. The number of hydrogen-bond acceptors (Lipinski definition) is 8. The van der Waals surface area contributed by atoms with Gasteiger partial charge in [0.2, 0.25) is 11.7 Å². The van der Waals surface area contributed by atoms with Crippen LogP contribution in [0.25, 0.3) is 10.7 Å². The lowest BCUT2D eigenvalue weighted by Crippen LogP contribution is -2.44. The molecule has 10 heteroatoms. The number of carbonyl (C=O) groups is 2. The number of carboxylic acid groups (broad SMARTS) is 2. The molecule has 0 aliphatic carbocycles. The molecule has 0 amide bonds. The van der Waals surface area contributed by atoms with E-state index in [1.165, 1.54) is 5.56 Å². The summed E-state index contributed by atoms with van der Waals surface area (Å²) >= 11 is 3.38. The molecule has 0 aromatic carbocycles. The van der Waals surface area contributed by atoms with Crippen molar-refractivity contribution >= 4 is 34.6 Å². The second-order valence-corrected chi connectivity index (χ2v) is 7.29. The number of likely N-dealkylation sites (tertiary alicyclic amines) is 1. The largest absolute Gasteiger partial charge is 0.473 e. The Morgan fingerprint density at radius 3 is 2.58 bits per heavy atom. The molecule has 3 aromatic heterocycles. The van der Waals surface area contributed by atoms with E-state index in [1.807, 2.05) is 17.5 Å². The van der Waals surface area contributed by atoms with Crippen LogP contribution < -0.4 is 0 Å². The van der Waals surface area contributed by atoms with E-state index < -0.39 is 11.9 Å². The van der Waals surface area contributed by atoms with Crippen molar-refractivity contribution in [3.8, 4) is 10.7 Å². The molecule has 0 saturated carbocycles. The summed E-state index contributed by atoms with van der Waals surface area (Å²) in [4.78, 5) is 26.2. The Labute approximate surface area is 156 Å². The number of aromatic nitrogens is 2. The molecule has 0 bridgehead atoms. The zero-order valence-corrected chi connectivity index (χ0v) is 15.1. The van der Waals surface area contributed by atoms with Gasteiger partial charge in [0.1, 0.15) is 0 Å². The highest BCUT2D eigenvalue weighted by Gasteiger charge is 2.32. The van der Waals surface area contributed by atoms with Crippen molar-refractivity contribution in [2.75, 3.05) is 13.1 Å². The molecule has 0 atom stereocenters. The van der Waals surface area contributed by atoms with Crippen LogP contribution in [-0.2, 0) is 16.1 Å². The van der Waals surface area contributed by atoms with Crippen LogP contribution >= 0.6 is 22.7 Å². The lowest BCUT2D eigenvalue weighted by Gasteiger charge is -2.36. The first-order valence-corrected chi connectivity index (χ1v) is 9.42. The minimum Gasteiger partial charge on any atom is -0.473 e. The van der Waals surface area contributed by atoms with Crippen molar-refractivity contribution < 1.29 is 24.3 Å². The van der Waals surface area contributed by atoms with Gasteiger partial charge in [-0.25, -0.2) is 9.59 Å². The van der Waals surface area contributed by atoms with E-state index in [-0.39, 0.29) is 0 Å². The van der Waals surface area contributed by atoms with E-state index in [9.17, 15) is 0 Å². The summed E-state index contributed by atoms with van der Waals surface area (Å²) in [5.41, 5.74) is 1.39. The first-order valence-electron chi connectivity index (χ1n) is 7.60. The zero-order valence-electron chi connectivity index (χ0n) is 13.4. The van der Waals surface area contributed by atoms with Crippen LogP contribution in [0, 0.1) is 0 Å². The Morgan fingerprint density at radius 2 is 2.00 bits per heavy atom. The first-order chi connectivity index (χ1) is 12.5. The molecule has 0 radical (unpaired) electrons. The van der Waals surface area contributed by atoms with Gasteiger partial charge < -0.3 is 14.7 Å². The average molecular weight is 393 g/mol. The van der Waals surface area contributed by atoms with Gasteiger partial charge >= 0.3 is 11.9 Å². The molecule has 4 rings (SSSR count). The highest BCUT2D eigenvalue weighted by Crippen LogP contribution is 2.30. The molecule has 3 aromatic rings. The van der Waals surface area contributed by atoms with Gasteiger partial charge in [0.25, 0.3) is 0 Å². The van der Waals surface area contributed by atoms with Gasteiger partial charge in [-0.15, -0.1) is 11.3 Å². The van der Waals surface area contributed by atoms with Crippen molar-refractivity contribution in [1.82, 2.24) is 15.0 Å². The van der Waals surface area contributed by atoms with Gasteiger partial charge in [0.15, 0.2) is 0 Å². The second kappa shape index (κ2) is 8.21. The number of rotatable bonds is 4. The normalized spacial score (nSPS) is 14.3. The van der Waals surface area contributed by atoms with Gasteiger partial charge in [-0.1, -0.05) is 11.2 Å². The van der Waals surface area contributed by atoms with Crippen LogP contribution in [0.2, 0.25) is 0 Å². The first kappa shape index (κ1) is 18.2. The quantitative estimate of drug-likeness (QED) is 0.650. The van der Waals surface area contributed by atoms with Crippen LogP contribution in [0.15, 0.2) is 38.9 Å². The predicted octanol–water partition coefficient (Wildman–Crippen LogP) is 2.61. The summed E-state index contributed by atoms with van der Waals surface area (Å²) in [5.74, 6) is -1.78. The highest BCUT2D eigenvalue weighted by molar-refractivity contribution is 7.13. The van der Waals surface area contributed by atoms with Crippen LogP contribution in [0.3, 0.4) is 0 Å². The van der Waals surface area contributed by atoms with Crippen LogP contribution in [0.4, 0.5) is 0 Å². The van der Waals surface area contributed by atoms with Gasteiger partial charge in [0, 0.05) is 19.6 Å². The Balaban J connectivity index is 0.000000286. The average Bonchev–Trinajstić information content (AvgIpc) is 3.31. The van der Waals surface area contributed by atoms with Gasteiger partial charge in [-0.05, 0) is 33.8 Å². The highest BCUT2D eigenvalue weighted by atomic mass is 32.1. The standard InChI is InChI=1S/C14H13N3OS2.C2H2O4/c1-2-12(20-4-1)13-15-14(18-16-13)11-7-17(8-11)6-10-3-5-19-9-10;3-1(4)2(5)6/h1-5,9,11H,6-8H2;(H,3,4)(H,5,6). The molecule has 1 aliphatic heterocycles. The zero-order chi connectivity index (χ0) is 18.5. The van der Waals surface area contributed by atoms with E-state index in [0.29, 0.717) is 11.7 Å². The number of nitrogens with zero attached hydrogens (tertiary/aromatic N) is 3. The molecule has 136 valence electrons. The van der Waals surface area contributed by atoms with Gasteiger partial charge in [-0.3, -0.25) is 4.90 Å². The van der Waals surface area contributed by atoms with Crippen molar-refractivity contribution in [1.29, 1.82) is 0 Å². The molecule has 26 heavy (non-hydrogen) atoms. The van der Waals surface area contributed by atoms with Crippen LogP contribution in [0.5, 0.6) is 0 Å². The fraction of sp³-hybridized carbons (Fsp3) is 0.250. The fourth-order valence-corrected chi connectivity index (χ4v) is 3.71. The SMILES string of the molecule is O=C(O)C(=O)O.c1csc(-c2noc(C3CN(Cc4ccsc4)C3)n2)c1. The third-order valence-electron chi connectivity index (χ3n) is 3.66. The summed E-state index contributed by atoms with van der Waals surface area (Å²) in [7, 11) is 0. The molecule has 0 spiro atoms. The smallest absolute Gasteiger partial charge is 0.414 e. The van der Waals surface area contributed by atoms with E-state index in [2.05, 4.69) is 31.9 Å². The van der Waals surface area contributed by atoms with Crippen molar-refractivity contribution in [3.63, 3.8) is 0 Å². The lowest BCUT2D eigenvalue weighted by molar-refractivity contribution is -0.159. The molecule has 2 N–H and O–H groups in total. The summed E-state index contributed by atoms with van der Waals surface area (Å²) in [5, 5.41) is 25.2. The third-order valence-corrected chi connectivity index (χ3v) is 5.26. The number of thiophene rings is 2. The lowest BCUT2D eigenvalue weighted by atomic mass is 10.00. The Kier molecular flexibility index (Phi) is 5.76. The maximum Gasteiger partial charge on any atom is 0.414 e. The fourth-order valence-electron chi connectivity index (χ4n) is 2.40. The molecular weight excluding hydrogens is 378 g/mol. The van der Waals surface area contributed by atoms with Gasteiger partial charge in [0.05, 0.1) is 10.8 Å². The third kappa shape index (κ3) is 4.54. The van der Waals surface area contributed by atoms with E-state index >= 15 is 0 Å². The molecule has 0 unspecified atom stereocenters. The molecule has 1 aliphatic rings. The van der Waals surface area contributed by atoms with Crippen molar-refractivity contribution in [3.05, 3.63) is 45.8 Å². The number of carboxylic acids is 2. The van der Waals surface area contributed by atoms with E-state index in [4.69, 9.17) is 24.3 Å². The van der Waals surface area contributed by atoms with Gasteiger partial charge in [-0.2, -0.15) is 16.3 Å². The van der Waals surface area contributed by atoms with E-state index in [1.54, 1.807) is 22.7 Å². The minimum atomic E-state index is -1.82. The Bertz CT molecular complexity index is 842. The van der Waals surface area contributed by atoms with Crippen LogP contribution in [-0.4, -0.2) is 50.3 Å². The monoisotopic (exact) mass is 393 g/mol. The summed E-state index contributed by atoms with van der Waals surface area (Å²) in [6.45, 7) is 3.02. The Hall–Kier alpha value is -2.56. The number of hydrogen-bond donors (Lipinski definition) is 2. The predicted molar refractivity (Wildman–Crippen MR) is 95.2 cm³/mol. The summed E-state index contributed by atoms with van der Waals surface area (Å²) < 4.78 is 5.40. The molecule has 1 fully saturated rings. The second-order valence-electron chi connectivity index (χ2n) is 5.57. The maximum atomic E-state index is 9.10. The van der Waals surface area contributed by atoms with E-state index in [0.717, 1.165) is 30.4 Å². The topological polar surface area (TPSA) is 117 Å². The van der Waals surface area contributed by atoms with Crippen molar-refractivity contribution in [2.45, 2.75) is 12.5 Å². The maximum absolute atomic E-state index is 9.10. The van der Waals surface area contributed by atoms with Crippen molar-refractivity contribution in [2.24, 2.45) is 0 Å². The van der Waals surface area contributed by atoms with Crippen LogP contribution in [0.1, 0.15) is 17.4 Å². The molecule has 4 heterocycles. The minimum absolute atomic E-state index is 0.384. The molecule has 8 nitrogen and oxygen atoms in total. The molecule has 1 saturated heterocycles. The number of aliphatic carboxylic acids is 2.